The first-order valence-corrected chi connectivity index (χ1v) is 6.71. The molecule has 0 amide bonds. The van der Waals surface area contributed by atoms with Crippen molar-refractivity contribution < 1.29 is 9.47 Å². The second-order valence-electron chi connectivity index (χ2n) is 3.88. The molecule has 1 aromatic rings. The van der Waals surface area contributed by atoms with Crippen molar-refractivity contribution in [1.82, 2.24) is 0 Å². The van der Waals surface area contributed by atoms with Gasteiger partial charge in [0.1, 0.15) is 0 Å². The fourth-order valence-corrected chi connectivity index (χ4v) is 2.16. The molecule has 3 nitrogen and oxygen atoms in total. The quantitative estimate of drug-likeness (QED) is 0.687. The number of methoxy groups -OCH3 is 2. The van der Waals surface area contributed by atoms with Crippen molar-refractivity contribution in [2.45, 2.75) is 5.88 Å². The highest BCUT2D eigenvalue weighted by Crippen LogP contribution is 2.24. The number of benzene rings is 1. The average molecular weight is 292 g/mol. The first-order valence-electron chi connectivity index (χ1n) is 5.80. The number of anilines is 1. The van der Waals surface area contributed by atoms with Gasteiger partial charge in [-0.1, -0.05) is 17.7 Å². The van der Waals surface area contributed by atoms with Crippen molar-refractivity contribution in [3.63, 3.8) is 0 Å². The van der Waals surface area contributed by atoms with E-state index >= 15 is 0 Å². The van der Waals surface area contributed by atoms with Crippen LogP contribution in [0.2, 0.25) is 5.02 Å². The van der Waals surface area contributed by atoms with Gasteiger partial charge >= 0.3 is 0 Å². The van der Waals surface area contributed by atoms with Crippen LogP contribution < -0.4 is 4.90 Å². The Labute approximate surface area is 119 Å². The summed E-state index contributed by atoms with van der Waals surface area (Å²) in [4.78, 5) is 2.18. The van der Waals surface area contributed by atoms with E-state index in [9.17, 15) is 0 Å². The van der Waals surface area contributed by atoms with Gasteiger partial charge in [-0.05, 0) is 17.7 Å². The SMILES string of the molecule is COCCN(CCOC)c1ccc(CCl)c(Cl)c1. The maximum atomic E-state index is 6.17. The highest BCUT2D eigenvalue weighted by Gasteiger charge is 2.08. The molecule has 0 atom stereocenters. The van der Waals surface area contributed by atoms with E-state index in [1.807, 2.05) is 18.2 Å². The number of alkyl halides is 1. The summed E-state index contributed by atoms with van der Waals surface area (Å²) >= 11 is 12.0. The monoisotopic (exact) mass is 291 g/mol. The maximum absolute atomic E-state index is 6.17. The van der Waals surface area contributed by atoms with Crippen LogP contribution in [-0.2, 0) is 15.4 Å². The fourth-order valence-electron chi connectivity index (χ4n) is 1.61. The van der Waals surface area contributed by atoms with Gasteiger partial charge in [0.15, 0.2) is 0 Å². The molecule has 18 heavy (non-hydrogen) atoms. The summed E-state index contributed by atoms with van der Waals surface area (Å²) in [6.45, 7) is 2.93. The molecule has 1 rings (SSSR count). The summed E-state index contributed by atoms with van der Waals surface area (Å²) < 4.78 is 10.2. The minimum atomic E-state index is 0.426. The van der Waals surface area contributed by atoms with Crippen LogP contribution in [-0.4, -0.2) is 40.5 Å². The molecule has 0 spiro atoms. The molecule has 0 unspecified atom stereocenters. The predicted molar refractivity (Wildman–Crippen MR) is 77.0 cm³/mol. The zero-order valence-corrected chi connectivity index (χ0v) is 12.3. The summed E-state index contributed by atoms with van der Waals surface area (Å²) in [6, 6.07) is 5.91. The lowest BCUT2D eigenvalue weighted by molar-refractivity contribution is 0.190. The molecule has 0 bridgehead atoms. The van der Waals surface area contributed by atoms with Crippen LogP contribution in [0, 0.1) is 0 Å². The molecule has 0 aliphatic heterocycles. The number of nitrogens with zero attached hydrogens (tertiary/aromatic N) is 1. The van der Waals surface area contributed by atoms with Crippen LogP contribution in [0.4, 0.5) is 5.69 Å². The lowest BCUT2D eigenvalue weighted by Gasteiger charge is -2.24. The highest BCUT2D eigenvalue weighted by atomic mass is 35.5. The zero-order valence-electron chi connectivity index (χ0n) is 10.8. The summed E-state index contributed by atoms with van der Waals surface area (Å²) in [6.07, 6.45) is 0. The largest absolute Gasteiger partial charge is 0.383 e. The fraction of sp³-hybridized carbons (Fsp3) is 0.538. The van der Waals surface area contributed by atoms with Crippen LogP contribution in [0.1, 0.15) is 5.56 Å². The van der Waals surface area contributed by atoms with E-state index in [1.165, 1.54) is 0 Å². The van der Waals surface area contributed by atoms with E-state index in [0.717, 1.165) is 24.3 Å². The molecule has 0 heterocycles. The number of rotatable bonds is 8. The summed E-state index contributed by atoms with van der Waals surface area (Å²) in [7, 11) is 3.39. The van der Waals surface area contributed by atoms with Gasteiger partial charge < -0.3 is 14.4 Å². The third-order valence-electron chi connectivity index (χ3n) is 2.68. The second kappa shape index (κ2) is 8.59. The molecule has 0 radical (unpaired) electrons. The molecular weight excluding hydrogens is 273 g/mol. The number of hydrogen-bond donors (Lipinski definition) is 0. The van der Waals surface area contributed by atoms with E-state index in [4.69, 9.17) is 32.7 Å². The third-order valence-corrected chi connectivity index (χ3v) is 3.32. The van der Waals surface area contributed by atoms with Crippen LogP contribution in [0.15, 0.2) is 18.2 Å². The van der Waals surface area contributed by atoms with E-state index in [1.54, 1.807) is 14.2 Å². The van der Waals surface area contributed by atoms with Crippen molar-refractivity contribution in [2.75, 3.05) is 45.4 Å². The first kappa shape index (κ1) is 15.6. The number of hydrogen-bond acceptors (Lipinski definition) is 3. The van der Waals surface area contributed by atoms with Gasteiger partial charge in [-0.15, -0.1) is 11.6 Å². The maximum Gasteiger partial charge on any atom is 0.0637 e. The summed E-state index contributed by atoms with van der Waals surface area (Å²) in [5.41, 5.74) is 2.00. The Morgan fingerprint density at radius 1 is 1.11 bits per heavy atom. The van der Waals surface area contributed by atoms with Crippen LogP contribution in [0.25, 0.3) is 0 Å². The minimum absolute atomic E-state index is 0.426. The lowest BCUT2D eigenvalue weighted by atomic mass is 10.2. The minimum Gasteiger partial charge on any atom is -0.383 e. The van der Waals surface area contributed by atoms with Crippen LogP contribution in [0.3, 0.4) is 0 Å². The van der Waals surface area contributed by atoms with Gasteiger partial charge in [0.25, 0.3) is 0 Å². The molecule has 0 fully saturated rings. The van der Waals surface area contributed by atoms with Gasteiger partial charge in [-0.2, -0.15) is 0 Å². The molecule has 5 heteroatoms. The van der Waals surface area contributed by atoms with Crippen molar-refractivity contribution in [3.05, 3.63) is 28.8 Å². The average Bonchev–Trinajstić information content (AvgIpc) is 2.39. The smallest absolute Gasteiger partial charge is 0.0637 e. The molecule has 0 aliphatic carbocycles. The van der Waals surface area contributed by atoms with Gasteiger partial charge in [-0.25, -0.2) is 0 Å². The third kappa shape index (κ3) is 4.65. The van der Waals surface area contributed by atoms with Crippen molar-refractivity contribution in [2.24, 2.45) is 0 Å². The molecule has 0 aliphatic rings. The van der Waals surface area contributed by atoms with Gasteiger partial charge in [-0.3, -0.25) is 0 Å². The van der Waals surface area contributed by atoms with Crippen molar-refractivity contribution in [1.29, 1.82) is 0 Å². The van der Waals surface area contributed by atoms with Crippen LogP contribution >= 0.6 is 23.2 Å². The predicted octanol–water partition coefficient (Wildman–Crippen LogP) is 3.18. The molecule has 0 N–H and O–H groups in total. The Morgan fingerprint density at radius 3 is 2.17 bits per heavy atom. The summed E-state index contributed by atoms with van der Waals surface area (Å²) in [5, 5.41) is 0.697. The molecule has 0 saturated carbocycles. The molecule has 0 saturated heterocycles. The van der Waals surface area contributed by atoms with Gasteiger partial charge in [0.2, 0.25) is 0 Å². The summed E-state index contributed by atoms with van der Waals surface area (Å²) in [5.74, 6) is 0.426. The van der Waals surface area contributed by atoms with Crippen molar-refractivity contribution >= 4 is 28.9 Å². The zero-order chi connectivity index (χ0) is 13.4. The van der Waals surface area contributed by atoms with Gasteiger partial charge in [0.05, 0.1) is 13.2 Å². The Balaban J connectivity index is 2.79. The van der Waals surface area contributed by atoms with Gasteiger partial charge in [0, 0.05) is 43.9 Å². The normalized spacial score (nSPS) is 10.7. The van der Waals surface area contributed by atoms with E-state index in [2.05, 4.69) is 4.90 Å². The lowest BCUT2D eigenvalue weighted by Crippen LogP contribution is -2.30. The van der Waals surface area contributed by atoms with E-state index < -0.39 is 0 Å². The number of halogens is 2. The molecule has 0 aromatic heterocycles. The van der Waals surface area contributed by atoms with Crippen molar-refractivity contribution in [3.8, 4) is 0 Å². The van der Waals surface area contributed by atoms with Crippen LogP contribution in [0.5, 0.6) is 0 Å². The Hall–Kier alpha value is -0.480. The molecule has 1 aromatic carbocycles. The highest BCUT2D eigenvalue weighted by molar-refractivity contribution is 6.32. The topological polar surface area (TPSA) is 21.7 Å². The Bertz CT molecular complexity index is 353. The molecule has 102 valence electrons. The first-order chi connectivity index (χ1) is 8.72. The second-order valence-corrected chi connectivity index (χ2v) is 4.56. The van der Waals surface area contributed by atoms with E-state index in [-0.39, 0.29) is 0 Å². The standard InChI is InChI=1S/C13H19Cl2NO2/c1-17-7-5-16(6-8-18-2)12-4-3-11(10-14)13(15)9-12/h3-4,9H,5-8,10H2,1-2H3. The Kier molecular flexibility index (Phi) is 7.44. The Morgan fingerprint density at radius 2 is 1.72 bits per heavy atom. The molecular formula is C13H19Cl2NO2. The number of ether oxygens (including phenoxy) is 2. The van der Waals surface area contributed by atoms with E-state index in [0.29, 0.717) is 24.1 Å².